The summed E-state index contributed by atoms with van der Waals surface area (Å²) >= 11 is 0. The van der Waals surface area contributed by atoms with Crippen LogP contribution in [0.4, 0.5) is 0 Å². The third kappa shape index (κ3) is 1.92. The fourth-order valence-corrected chi connectivity index (χ4v) is 3.53. The van der Waals surface area contributed by atoms with Crippen LogP contribution in [0, 0.1) is 0 Å². The molecule has 1 unspecified atom stereocenters. The number of hydrogen-bond acceptors (Lipinski definition) is 6. The van der Waals surface area contributed by atoms with Gasteiger partial charge in [0, 0.05) is 5.92 Å². The van der Waals surface area contributed by atoms with Crippen LogP contribution < -0.4 is 0 Å². The molecule has 0 bridgehead atoms. The first-order valence-electron chi connectivity index (χ1n) is 4.73. The Morgan fingerprint density at radius 1 is 1.50 bits per heavy atom. The number of ether oxygens (including phenoxy) is 1. The van der Waals surface area contributed by atoms with Crippen molar-refractivity contribution in [2.24, 2.45) is 0 Å². The van der Waals surface area contributed by atoms with Crippen LogP contribution in [0.25, 0.3) is 0 Å². The summed E-state index contributed by atoms with van der Waals surface area (Å²) in [5, 5.41) is 9.83. The number of H-pyrrole nitrogens is 1. The van der Waals surface area contributed by atoms with Gasteiger partial charge in [-0.3, -0.25) is 0 Å². The van der Waals surface area contributed by atoms with Crippen molar-refractivity contribution in [3.8, 4) is 0 Å². The molecule has 2 heterocycles. The number of hydrogen-bond donors (Lipinski definition) is 1. The normalized spacial score (nSPS) is 23.2. The molecule has 0 aromatic carbocycles. The van der Waals surface area contributed by atoms with Crippen LogP contribution in [0.5, 0.6) is 0 Å². The lowest BCUT2D eigenvalue weighted by Gasteiger charge is -2.04. The zero-order valence-electron chi connectivity index (χ0n) is 8.63. The van der Waals surface area contributed by atoms with E-state index in [4.69, 9.17) is 0 Å². The van der Waals surface area contributed by atoms with Crippen LogP contribution in [-0.4, -0.2) is 48.4 Å². The van der Waals surface area contributed by atoms with Crippen LogP contribution in [0.3, 0.4) is 0 Å². The fraction of sp³-hybridized carbons (Fsp3) is 0.625. The molecule has 1 aromatic rings. The smallest absolute Gasteiger partial charge is 0.360 e. The van der Waals surface area contributed by atoms with E-state index in [1.165, 1.54) is 7.11 Å². The molecule has 7 nitrogen and oxygen atoms in total. The minimum absolute atomic E-state index is 0.0174. The van der Waals surface area contributed by atoms with Gasteiger partial charge in [0.1, 0.15) is 5.69 Å². The van der Waals surface area contributed by atoms with Crippen molar-refractivity contribution < 1.29 is 17.9 Å². The van der Waals surface area contributed by atoms with E-state index in [2.05, 4.69) is 20.1 Å². The lowest BCUT2D eigenvalue weighted by molar-refractivity contribution is 0.0592. The van der Waals surface area contributed by atoms with E-state index in [1.807, 2.05) is 0 Å². The van der Waals surface area contributed by atoms with E-state index in [0.717, 1.165) is 0 Å². The zero-order chi connectivity index (χ0) is 11.8. The predicted molar refractivity (Wildman–Crippen MR) is 53.7 cm³/mol. The van der Waals surface area contributed by atoms with Gasteiger partial charge in [-0.15, -0.1) is 5.10 Å². The molecule has 1 saturated heterocycles. The highest BCUT2D eigenvalue weighted by atomic mass is 32.2. The Balaban J connectivity index is 2.29. The maximum absolute atomic E-state index is 11.3. The van der Waals surface area contributed by atoms with Gasteiger partial charge in [0.2, 0.25) is 0 Å². The number of aromatic nitrogens is 3. The minimum Gasteiger partial charge on any atom is -0.464 e. The summed E-state index contributed by atoms with van der Waals surface area (Å²) in [6.45, 7) is 0. The Labute approximate surface area is 92.1 Å². The second-order valence-electron chi connectivity index (χ2n) is 3.65. The minimum atomic E-state index is -3.00. The summed E-state index contributed by atoms with van der Waals surface area (Å²) in [4.78, 5) is 11.3. The van der Waals surface area contributed by atoms with Gasteiger partial charge < -0.3 is 4.74 Å². The average Bonchev–Trinajstić information content (AvgIpc) is 2.82. The largest absolute Gasteiger partial charge is 0.464 e. The van der Waals surface area contributed by atoms with Gasteiger partial charge in [0.05, 0.1) is 18.6 Å². The number of esters is 1. The molecule has 0 aliphatic carbocycles. The standard InChI is InChI=1S/C8H11N3O4S/c1-15-8(12)7-6(9-11-10-7)5-2-3-16(13,14)4-5/h5H,2-4H2,1H3,(H,9,10,11). The van der Waals surface area contributed by atoms with Gasteiger partial charge in [-0.25, -0.2) is 13.2 Å². The van der Waals surface area contributed by atoms with Crippen molar-refractivity contribution in [2.45, 2.75) is 12.3 Å². The Bertz CT molecular complexity index is 507. The highest BCUT2D eigenvalue weighted by Crippen LogP contribution is 2.28. The summed E-state index contributed by atoms with van der Waals surface area (Å²) in [5.74, 6) is -0.722. The fourth-order valence-electron chi connectivity index (χ4n) is 1.78. The quantitative estimate of drug-likeness (QED) is 0.704. The molecule has 16 heavy (non-hydrogen) atoms. The molecular weight excluding hydrogens is 234 g/mol. The van der Waals surface area contributed by atoms with Crippen molar-refractivity contribution in [1.29, 1.82) is 0 Å². The first-order valence-corrected chi connectivity index (χ1v) is 6.55. The number of carbonyl (C=O) groups excluding carboxylic acids is 1. The molecule has 1 aliphatic heterocycles. The maximum Gasteiger partial charge on any atom is 0.360 e. The highest BCUT2D eigenvalue weighted by molar-refractivity contribution is 7.91. The lowest BCUT2D eigenvalue weighted by Crippen LogP contribution is -2.10. The third-order valence-electron chi connectivity index (χ3n) is 2.57. The van der Waals surface area contributed by atoms with Gasteiger partial charge in [0.15, 0.2) is 15.5 Å². The highest BCUT2D eigenvalue weighted by Gasteiger charge is 2.34. The van der Waals surface area contributed by atoms with Crippen molar-refractivity contribution in [2.75, 3.05) is 18.6 Å². The summed E-state index contributed by atoms with van der Waals surface area (Å²) in [7, 11) is -1.76. The number of nitrogens with zero attached hydrogens (tertiary/aromatic N) is 2. The van der Waals surface area contributed by atoms with Crippen LogP contribution in [0.15, 0.2) is 0 Å². The van der Waals surface area contributed by atoms with Crippen LogP contribution in [0.1, 0.15) is 28.5 Å². The van der Waals surface area contributed by atoms with Crippen molar-refractivity contribution >= 4 is 15.8 Å². The molecular formula is C8H11N3O4S. The summed E-state index contributed by atoms with van der Waals surface area (Å²) in [5.41, 5.74) is 0.456. The zero-order valence-corrected chi connectivity index (χ0v) is 9.45. The number of aromatic amines is 1. The van der Waals surface area contributed by atoms with Crippen molar-refractivity contribution in [3.05, 3.63) is 11.4 Å². The average molecular weight is 245 g/mol. The van der Waals surface area contributed by atoms with Crippen LogP contribution in [0.2, 0.25) is 0 Å². The maximum atomic E-state index is 11.3. The summed E-state index contributed by atoms with van der Waals surface area (Å²) in [6.07, 6.45) is 0.471. The number of sulfone groups is 1. The third-order valence-corrected chi connectivity index (χ3v) is 4.34. The Morgan fingerprint density at radius 2 is 2.25 bits per heavy atom. The van der Waals surface area contributed by atoms with E-state index < -0.39 is 15.8 Å². The van der Waals surface area contributed by atoms with Gasteiger partial charge in [-0.1, -0.05) is 0 Å². The van der Waals surface area contributed by atoms with E-state index in [0.29, 0.717) is 12.1 Å². The molecule has 1 fully saturated rings. The lowest BCUT2D eigenvalue weighted by atomic mass is 10.0. The molecule has 1 aliphatic rings. The molecule has 1 N–H and O–H groups in total. The Morgan fingerprint density at radius 3 is 2.81 bits per heavy atom. The van der Waals surface area contributed by atoms with Crippen LogP contribution in [-0.2, 0) is 14.6 Å². The Kier molecular flexibility index (Phi) is 2.66. The number of carbonyl (C=O) groups is 1. The molecule has 88 valence electrons. The molecule has 8 heteroatoms. The molecule has 0 amide bonds. The van der Waals surface area contributed by atoms with E-state index in [9.17, 15) is 13.2 Å². The van der Waals surface area contributed by atoms with E-state index in [-0.39, 0.29) is 23.1 Å². The monoisotopic (exact) mass is 245 g/mol. The molecule has 0 spiro atoms. The van der Waals surface area contributed by atoms with E-state index >= 15 is 0 Å². The summed E-state index contributed by atoms with van der Waals surface area (Å²) in [6, 6.07) is 0. The van der Waals surface area contributed by atoms with Crippen LogP contribution >= 0.6 is 0 Å². The molecule has 2 rings (SSSR count). The van der Waals surface area contributed by atoms with Gasteiger partial charge in [-0.2, -0.15) is 10.3 Å². The van der Waals surface area contributed by atoms with Crippen molar-refractivity contribution in [3.63, 3.8) is 0 Å². The molecule has 0 saturated carbocycles. The predicted octanol–water partition coefficient (Wildman–Crippen LogP) is -0.507. The van der Waals surface area contributed by atoms with Gasteiger partial charge in [-0.05, 0) is 6.42 Å². The first-order chi connectivity index (χ1) is 7.53. The second-order valence-corrected chi connectivity index (χ2v) is 5.88. The van der Waals surface area contributed by atoms with E-state index in [1.54, 1.807) is 0 Å². The van der Waals surface area contributed by atoms with Crippen molar-refractivity contribution in [1.82, 2.24) is 15.4 Å². The molecule has 1 atom stereocenters. The Hall–Kier alpha value is -1.44. The topological polar surface area (TPSA) is 102 Å². The SMILES string of the molecule is COC(=O)c1n[nH]nc1C1CCS(=O)(=O)C1. The number of methoxy groups -OCH3 is 1. The summed E-state index contributed by atoms with van der Waals surface area (Å²) < 4.78 is 27.2. The number of nitrogens with one attached hydrogen (secondary N) is 1. The molecule has 0 radical (unpaired) electrons. The number of rotatable bonds is 2. The second kappa shape index (κ2) is 3.85. The first kappa shape index (κ1) is 11.1. The van der Waals surface area contributed by atoms with Gasteiger partial charge in [0.25, 0.3) is 0 Å². The molecule has 1 aromatic heterocycles. The van der Waals surface area contributed by atoms with Gasteiger partial charge >= 0.3 is 5.97 Å².